The van der Waals surface area contributed by atoms with Crippen molar-refractivity contribution in [3.63, 3.8) is 0 Å². The Morgan fingerprint density at radius 2 is 1.92 bits per heavy atom. The topological polar surface area (TPSA) is 27.6 Å². The summed E-state index contributed by atoms with van der Waals surface area (Å²) in [5.74, 6) is 0.888. The molecule has 4 rings (SSSR count). The zero-order chi connectivity index (χ0) is 17.1. The van der Waals surface area contributed by atoms with Gasteiger partial charge in [-0.1, -0.05) is 44.5 Å². The first kappa shape index (κ1) is 16.1. The second-order valence-corrected chi connectivity index (χ2v) is 9.12. The highest BCUT2D eigenvalue weighted by Crippen LogP contribution is 2.44. The molecule has 1 saturated carbocycles. The Bertz CT molecular complexity index is 666. The summed E-state index contributed by atoms with van der Waals surface area (Å²) in [6.45, 7) is 11.3. The van der Waals surface area contributed by atoms with Crippen LogP contribution in [0.2, 0.25) is 0 Å². The Balaban J connectivity index is 1.69. The fourth-order valence-electron chi connectivity index (χ4n) is 4.36. The molecule has 0 aromatic heterocycles. The number of nitrogens with one attached hydrogen (secondary N) is 1. The minimum Gasteiger partial charge on any atom is -0.293 e. The minimum atomic E-state index is 0.154. The van der Waals surface area contributed by atoms with Gasteiger partial charge in [0, 0.05) is 23.6 Å². The van der Waals surface area contributed by atoms with Crippen molar-refractivity contribution in [1.82, 2.24) is 10.3 Å². The number of fused-ring (bicyclic) bond motifs is 1. The maximum Gasteiger partial charge on any atom is 0.103 e. The van der Waals surface area contributed by atoms with Crippen LogP contribution < -0.4 is 5.32 Å². The molecular formula is C21H31N3. The van der Waals surface area contributed by atoms with Crippen LogP contribution in [0, 0.1) is 25.2 Å². The maximum absolute atomic E-state index is 5.10. The molecule has 0 amide bonds. The van der Waals surface area contributed by atoms with Gasteiger partial charge in [-0.2, -0.15) is 5.10 Å². The Hall–Kier alpha value is -1.35. The van der Waals surface area contributed by atoms with Gasteiger partial charge in [-0.25, -0.2) is 0 Å². The lowest BCUT2D eigenvalue weighted by Gasteiger charge is -2.42. The van der Waals surface area contributed by atoms with Crippen LogP contribution in [0.3, 0.4) is 0 Å². The Morgan fingerprint density at radius 3 is 2.54 bits per heavy atom. The van der Waals surface area contributed by atoms with Gasteiger partial charge in [0.05, 0.1) is 6.04 Å². The Morgan fingerprint density at radius 1 is 1.17 bits per heavy atom. The van der Waals surface area contributed by atoms with Gasteiger partial charge in [0.25, 0.3) is 0 Å². The van der Waals surface area contributed by atoms with Gasteiger partial charge < -0.3 is 0 Å². The molecule has 2 fully saturated rings. The average molecular weight is 326 g/mol. The molecule has 1 aromatic carbocycles. The molecule has 1 saturated heterocycles. The Labute approximate surface area is 146 Å². The van der Waals surface area contributed by atoms with Crippen molar-refractivity contribution in [2.24, 2.45) is 16.4 Å². The molecule has 3 atom stereocenters. The van der Waals surface area contributed by atoms with E-state index in [0.717, 1.165) is 12.3 Å². The molecule has 3 aliphatic rings. The van der Waals surface area contributed by atoms with Gasteiger partial charge in [0.15, 0.2) is 0 Å². The lowest BCUT2D eigenvalue weighted by molar-refractivity contribution is 0.0591. The molecule has 2 aliphatic heterocycles. The molecule has 24 heavy (non-hydrogen) atoms. The van der Waals surface area contributed by atoms with Crippen LogP contribution in [0.25, 0.3) is 0 Å². The van der Waals surface area contributed by atoms with E-state index in [4.69, 9.17) is 5.10 Å². The summed E-state index contributed by atoms with van der Waals surface area (Å²) in [5, 5.41) is 11.4. The molecule has 0 bridgehead atoms. The summed E-state index contributed by atoms with van der Waals surface area (Å²) in [7, 11) is 0. The predicted octanol–water partition coefficient (Wildman–Crippen LogP) is 4.55. The normalized spacial score (nSPS) is 30.3. The number of benzene rings is 1. The van der Waals surface area contributed by atoms with Crippen LogP contribution in [-0.4, -0.2) is 22.9 Å². The number of aryl methyl sites for hydroxylation is 2. The number of hydrogen-bond donors (Lipinski definition) is 1. The molecule has 130 valence electrons. The summed E-state index contributed by atoms with van der Waals surface area (Å²) in [5.41, 5.74) is 5.72. The largest absolute Gasteiger partial charge is 0.293 e. The number of nitrogens with zero attached hydrogens (tertiary/aromatic N) is 2. The smallest absolute Gasteiger partial charge is 0.103 e. The van der Waals surface area contributed by atoms with Gasteiger partial charge in [0.2, 0.25) is 0 Å². The van der Waals surface area contributed by atoms with Crippen molar-refractivity contribution in [1.29, 1.82) is 0 Å². The van der Waals surface area contributed by atoms with E-state index < -0.39 is 0 Å². The summed E-state index contributed by atoms with van der Waals surface area (Å²) in [4.78, 5) is 0. The van der Waals surface area contributed by atoms with Crippen molar-refractivity contribution in [2.45, 2.75) is 78.6 Å². The van der Waals surface area contributed by atoms with E-state index >= 15 is 0 Å². The van der Waals surface area contributed by atoms with Crippen molar-refractivity contribution in [3.05, 3.63) is 34.9 Å². The van der Waals surface area contributed by atoms with E-state index in [1.54, 1.807) is 0 Å². The second kappa shape index (κ2) is 5.59. The van der Waals surface area contributed by atoms with Crippen LogP contribution in [0.4, 0.5) is 0 Å². The van der Waals surface area contributed by atoms with Gasteiger partial charge in [-0.15, -0.1) is 0 Å². The van der Waals surface area contributed by atoms with Crippen molar-refractivity contribution in [3.8, 4) is 0 Å². The van der Waals surface area contributed by atoms with Crippen LogP contribution in [0.15, 0.2) is 23.3 Å². The molecule has 2 heterocycles. The van der Waals surface area contributed by atoms with Crippen LogP contribution in [0.1, 0.15) is 69.2 Å². The third-order valence-corrected chi connectivity index (χ3v) is 5.99. The van der Waals surface area contributed by atoms with Crippen LogP contribution in [0.5, 0.6) is 0 Å². The lowest BCUT2D eigenvalue weighted by Crippen LogP contribution is -2.54. The molecule has 3 unspecified atom stereocenters. The average Bonchev–Trinajstić information content (AvgIpc) is 3.24. The highest BCUT2D eigenvalue weighted by Gasteiger charge is 2.45. The van der Waals surface area contributed by atoms with E-state index in [0.29, 0.717) is 18.2 Å². The third kappa shape index (κ3) is 2.88. The highest BCUT2D eigenvalue weighted by molar-refractivity contribution is 5.90. The standard InChI is InChI=1S/C21H31N3/c1-13-6-9-16(14(2)10-13)18-11-17(15-7-8-15)22-20-12-19(21(3,4)5)23-24(18)20/h6,9-10,15,17-18,20,22H,7-8,11-12H2,1-5H3. The lowest BCUT2D eigenvalue weighted by atomic mass is 9.86. The van der Waals surface area contributed by atoms with Gasteiger partial charge >= 0.3 is 0 Å². The van der Waals surface area contributed by atoms with Crippen molar-refractivity contribution >= 4 is 5.71 Å². The molecular weight excluding hydrogens is 294 g/mol. The number of rotatable bonds is 2. The molecule has 1 aromatic rings. The first-order valence-electron chi connectivity index (χ1n) is 9.52. The Kier molecular flexibility index (Phi) is 3.76. The summed E-state index contributed by atoms with van der Waals surface area (Å²) >= 11 is 0. The summed E-state index contributed by atoms with van der Waals surface area (Å²) < 4.78 is 0. The first-order valence-corrected chi connectivity index (χ1v) is 9.52. The van der Waals surface area contributed by atoms with Gasteiger partial charge in [-0.3, -0.25) is 10.3 Å². The van der Waals surface area contributed by atoms with E-state index in [-0.39, 0.29) is 5.41 Å². The summed E-state index contributed by atoms with van der Waals surface area (Å²) in [6, 6.07) is 8.00. The number of hydrazone groups is 1. The van der Waals surface area contributed by atoms with E-state index in [9.17, 15) is 0 Å². The van der Waals surface area contributed by atoms with Gasteiger partial charge in [0.1, 0.15) is 6.17 Å². The third-order valence-electron chi connectivity index (χ3n) is 5.99. The fourth-order valence-corrected chi connectivity index (χ4v) is 4.36. The summed E-state index contributed by atoms with van der Waals surface area (Å²) in [6.07, 6.45) is 5.43. The first-order chi connectivity index (χ1) is 11.3. The molecule has 3 nitrogen and oxygen atoms in total. The van der Waals surface area contributed by atoms with Crippen molar-refractivity contribution in [2.75, 3.05) is 0 Å². The van der Waals surface area contributed by atoms with Crippen molar-refractivity contribution < 1.29 is 0 Å². The number of hydrogen-bond acceptors (Lipinski definition) is 3. The van der Waals surface area contributed by atoms with E-state index in [1.165, 1.54) is 41.7 Å². The molecule has 1 aliphatic carbocycles. The van der Waals surface area contributed by atoms with Crippen LogP contribution >= 0.6 is 0 Å². The van der Waals surface area contributed by atoms with E-state index in [2.05, 4.69) is 63.1 Å². The zero-order valence-electron chi connectivity index (χ0n) is 15.8. The maximum atomic E-state index is 5.10. The fraction of sp³-hybridized carbons (Fsp3) is 0.667. The molecule has 3 heteroatoms. The zero-order valence-corrected chi connectivity index (χ0v) is 15.8. The molecule has 0 spiro atoms. The quantitative estimate of drug-likeness (QED) is 0.864. The highest BCUT2D eigenvalue weighted by atomic mass is 15.6. The molecule has 1 N–H and O–H groups in total. The second-order valence-electron chi connectivity index (χ2n) is 9.12. The monoisotopic (exact) mass is 325 g/mol. The van der Waals surface area contributed by atoms with E-state index in [1.807, 2.05) is 0 Å². The minimum absolute atomic E-state index is 0.154. The predicted molar refractivity (Wildman–Crippen MR) is 100 cm³/mol. The molecule has 0 radical (unpaired) electrons. The van der Waals surface area contributed by atoms with Gasteiger partial charge in [-0.05, 0) is 50.2 Å². The SMILES string of the molecule is Cc1ccc(C2CC(C3CC3)NC3CC(C(C)(C)C)=NN32)c(C)c1. The van der Waals surface area contributed by atoms with Crippen LogP contribution in [-0.2, 0) is 0 Å².